The van der Waals surface area contributed by atoms with Gasteiger partial charge in [0.15, 0.2) is 0 Å². The Kier molecular flexibility index (Phi) is 12.7. The Morgan fingerprint density at radius 1 is 0.525 bits per heavy atom. The minimum absolute atomic E-state index is 0.491. The SMILES string of the molecule is CCCCCCCCCCCCc1c(O)ccc(CCCCCCCC)c1-c1cccc2c1Cc1ccccc1-2. The summed E-state index contributed by atoms with van der Waals surface area (Å²) in [5, 5.41) is 11.2. The van der Waals surface area contributed by atoms with Gasteiger partial charge in [-0.3, -0.25) is 0 Å². The molecule has 3 aromatic carbocycles. The van der Waals surface area contributed by atoms with Crippen LogP contribution in [-0.4, -0.2) is 5.11 Å². The Labute approximate surface area is 245 Å². The largest absolute Gasteiger partial charge is 0.508 e. The summed E-state index contributed by atoms with van der Waals surface area (Å²) in [6, 6.07) is 19.9. The molecule has 0 radical (unpaired) electrons. The molecule has 1 nitrogen and oxygen atoms in total. The zero-order chi connectivity index (χ0) is 28.0. The summed E-state index contributed by atoms with van der Waals surface area (Å²) in [7, 11) is 0. The molecule has 0 amide bonds. The first kappa shape index (κ1) is 30.4. The van der Waals surface area contributed by atoms with Crippen molar-refractivity contribution in [2.24, 2.45) is 0 Å². The minimum atomic E-state index is 0.491. The molecule has 216 valence electrons. The van der Waals surface area contributed by atoms with Gasteiger partial charge < -0.3 is 5.11 Å². The fourth-order valence-electron chi connectivity index (χ4n) is 6.76. The lowest BCUT2D eigenvalue weighted by atomic mass is 9.85. The summed E-state index contributed by atoms with van der Waals surface area (Å²) in [5.74, 6) is 0.491. The molecule has 3 aromatic rings. The van der Waals surface area contributed by atoms with E-state index in [0.717, 1.165) is 25.7 Å². The highest BCUT2D eigenvalue weighted by molar-refractivity contribution is 5.87. The van der Waals surface area contributed by atoms with E-state index >= 15 is 0 Å². The number of phenols is 1. The Hall–Kier alpha value is -2.54. The summed E-state index contributed by atoms with van der Waals surface area (Å²) in [4.78, 5) is 0. The normalized spacial score (nSPS) is 12.1. The van der Waals surface area contributed by atoms with Crippen molar-refractivity contribution >= 4 is 0 Å². The van der Waals surface area contributed by atoms with Gasteiger partial charge in [0, 0.05) is 5.56 Å². The fraction of sp³-hybridized carbons (Fsp3) is 0.538. The molecular formula is C39H54O. The highest BCUT2D eigenvalue weighted by atomic mass is 16.3. The van der Waals surface area contributed by atoms with E-state index in [2.05, 4.69) is 62.4 Å². The quantitative estimate of drug-likeness (QED) is 0.118. The number of hydrogen-bond acceptors (Lipinski definition) is 1. The van der Waals surface area contributed by atoms with Crippen LogP contribution in [0.1, 0.15) is 139 Å². The second-order valence-electron chi connectivity index (χ2n) is 12.2. The van der Waals surface area contributed by atoms with Crippen LogP contribution in [0, 0.1) is 0 Å². The van der Waals surface area contributed by atoms with Gasteiger partial charge in [0.1, 0.15) is 5.75 Å². The van der Waals surface area contributed by atoms with Crippen LogP contribution in [0.15, 0.2) is 54.6 Å². The van der Waals surface area contributed by atoms with E-state index in [9.17, 15) is 5.11 Å². The van der Waals surface area contributed by atoms with Crippen LogP contribution in [0.3, 0.4) is 0 Å². The maximum Gasteiger partial charge on any atom is 0.119 e. The number of aryl methyl sites for hydroxylation is 1. The molecule has 0 aromatic heterocycles. The Morgan fingerprint density at radius 3 is 1.75 bits per heavy atom. The molecule has 0 fully saturated rings. The van der Waals surface area contributed by atoms with Crippen LogP contribution < -0.4 is 0 Å². The van der Waals surface area contributed by atoms with Crippen molar-refractivity contribution in [3.05, 3.63) is 76.9 Å². The minimum Gasteiger partial charge on any atom is -0.508 e. The summed E-state index contributed by atoms with van der Waals surface area (Å²) in [5.41, 5.74) is 11.0. The van der Waals surface area contributed by atoms with E-state index in [1.54, 1.807) is 0 Å². The molecule has 0 heterocycles. The van der Waals surface area contributed by atoms with Crippen LogP contribution in [0.25, 0.3) is 22.3 Å². The Bertz CT molecular complexity index is 1170. The van der Waals surface area contributed by atoms with Crippen molar-refractivity contribution in [3.8, 4) is 28.0 Å². The molecule has 40 heavy (non-hydrogen) atoms. The molecule has 4 rings (SSSR count). The number of phenolic OH excluding ortho intramolecular Hbond substituents is 1. The maximum absolute atomic E-state index is 11.2. The van der Waals surface area contributed by atoms with Crippen LogP contribution >= 0.6 is 0 Å². The van der Waals surface area contributed by atoms with E-state index in [1.165, 1.54) is 141 Å². The second-order valence-corrected chi connectivity index (χ2v) is 12.2. The van der Waals surface area contributed by atoms with Gasteiger partial charge in [-0.15, -0.1) is 0 Å². The number of aromatic hydroxyl groups is 1. The van der Waals surface area contributed by atoms with Gasteiger partial charge >= 0.3 is 0 Å². The lowest BCUT2D eigenvalue weighted by Crippen LogP contribution is -2.01. The Balaban J connectivity index is 1.49. The molecule has 0 atom stereocenters. The predicted octanol–water partition coefficient (Wildman–Crippen LogP) is 12.0. The monoisotopic (exact) mass is 538 g/mol. The van der Waals surface area contributed by atoms with Crippen LogP contribution in [-0.2, 0) is 19.3 Å². The molecule has 0 unspecified atom stereocenters. The van der Waals surface area contributed by atoms with Gasteiger partial charge in [-0.05, 0) is 77.1 Å². The van der Waals surface area contributed by atoms with Crippen molar-refractivity contribution in [2.45, 2.75) is 136 Å². The van der Waals surface area contributed by atoms with Gasteiger partial charge in [0.05, 0.1) is 0 Å². The first-order chi connectivity index (χ1) is 19.7. The van der Waals surface area contributed by atoms with E-state index in [4.69, 9.17) is 0 Å². The smallest absolute Gasteiger partial charge is 0.119 e. The van der Waals surface area contributed by atoms with E-state index in [-0.39, 0.29) is 0 Å². The third-order valence-electron chi connectivity index (χ3n) is 9.07. The third kappa shape index (κ3) is 8.25. The number of benzene rings is 3. The van der Waals surface area contributed by atoms with Gasteiger partial charge in [0.2, 0.25) is 0 Å². The van der Waals surface area contributed by atoms with Crippen LogP contribution in [0.4, 0.5) is 0 Å². The molecule has 0 spiro atoms. The molecular weight excluding hydrogens is 484 g/mol. The summed E-state index contributed by atoms with van der Waals surface area (Å²) in [6.07, 6.45) is 24.3. The lowest BCUT2D eigenvalue weighted by Gasteiger charge is -2.20. The van der Waals surface area contributed by atoms with Crippen molar-refractivity contribution < 1.29 is 5.11 Å². The van der Waals surface area contributed by atoms with E-state index in [1.807, 2.05) is 6.07 Å². The lowest BCUT2D eigenvalue weighted by molar-refractivity contribution is 0.466. The fourth-order valence-corrected chi connectivity index (χ4v) is 6.76. The van der Waals surface area contributed by atoms with Crippen molar-refractivity contribution in [1.29, 1.82) is 0 Å². The highest BCUT2D eigenvalue weighted by Gasteiger charge is 2.24. The van der Waals surface area contributed by atoms with Gasteiger partial charge in [-0.1, -0.05) is 152 Å². The second kappa shape index (κ2) is 16.7. The summed E-state index contributed by atoms with van der Waals surface area (Å²) >= 11 is 0. The van der Waals surface area contributed by atoms with E-state index < -0.39 is 0 Å². The molecule has 0 aliphatic heterocycles. The number of rotatable bonds is 19. The first-order valence-electron chi connectivity index (χ1n) is 16.8. The highest BCUT2D eigenvalue weighted by Crippen LogP contribution is 2.45. The zero-order valence-corrected chi connectivity index (χ0v) is 25.6. The van der Waals surface area contributed by atoms with Gasteiger partial charge in [-0.2, -0.15) is 0 Å². The zero-order valence-electron chi connectivity index (χ0n) is 25.6. The van der Waals surface area contributed by atoms with Crippen LogP contribution in [0.2, 0.25) is 0 Å². The molecule has 1 N–H and O–H groups in total. The summed E-state index contributed by atoms with van der Waals surface area (Å²) in [6.45, 7) is 4.58. The van der Waals surface area contributed by atoms with Crippen molar-refractivity contribution in [2.75, 3.05) is 0 Å². The average Bonchev–Trinajstić information content (AvgIpc) is 3.36. The average molecular weight is 539 g/mol. The summed E-state index contributed by atoms with van der Waals surface area (Å²) < 4.78 is 0. The van der Waals surface area contributed by atoms with E-state index in [0.29, 0.717) is 5.75 Å². The van der Waals surface area contributed by atoms with Gasteiger partial charge in [-0.25, -0.2) is 0 Å². The van der Waals surface area contributed by atoms with Gasteiger partial charge in [0.25, 0.3) is 0 Å². The van der Waals surface area contributed by atoms with Crippen LogP contribution in [0.5, 0.6) is 5.75 Å². The maximum atomic E-state index is 11.2. The predicted molar refractivity (Wildman–Crippen MR) is 174 cm³/mol. The third-order valence-corrected chi connectivity index (χ3v) is 9.07. The number of unbranched alkanes of at least 4 members (excludes halogenated alkanes) is 14. The number of fused-ring (bicyclic) bond motifs is 3. The molecule has 1 heteroatoms. The van der Waals surface area contributed by atoms with Crippen molar-refractivity contribution in [3.63, 3.8) is 0 Å². The molecule has 0 saturated carbocycles. The molecule has 0 saturated heterocycles. The number of hydrogen-bond donors (Lipinski definition) is 1. The topological polar surface area (TPSA) is 20.2 Å². The van der Waals surface area contributed by atoms with Crippen molar-refractivity contribution in [1.82, 2.24) is 0 Å². The first-order valence-corrected chi connectivity index (χ1v) is 16.8. The molecule has 0 bridgehead atoms. The molecule has 1 aliphatic carbocycles. The molecule has 1 aliphatic rings. The standard InChI is InChI=1S/C39H54O/c1-3-5-7-9-11-12-13-14-16-18-25-36-38(40)29-28-31(22-17-15-10-8-6-4-2)39(36)35-27-21-26-34-33-24-20-19-23-32(33)30-37(34)35/h19-21,23-24,26-29,40H,3-18,22,25,30H2,1-2H3. The Morgan fingerprint density at radius 2 is 1.07 bits per heavy atom.